The first kappa shape index (κ1) is 8.71. The lowest BCUT2D eigenvalue weighted by Gasteiger charge is -2.17. The van der Waals surface area contributed by atoms with E-state index >= 15 is 0 Å². The van der Waals surface area contributed by atoms with Gasteiger partial charge in [-0.25, -0.2) is 9.59 Å². The van der Waals surface area contributed by atoms with E-state index in [2.05, 4.69) is 4.74 Å². The monoisotopic (exact) mass is 193 g/mol. The molecule has 1 aliphatic heterocycles. The number of hydrogen-bond acceptors (Lipinski definition) is 4. The van der Waals surface area contributed by atoms with Gasteiger partial charge in [0.1, 0.15) is 0 Å². The molecule has 0 fully saturated rings. The summed E-state index contributed by atoms with van der Waals surface area (Å²) >= 11 is 0. The summed E-state index contributed by atoms with van der Waals surface area (Å²) in [4.78, 5) is 22.0. The molecule has 3 N–H and O–H groups in total. The van der Waals surface area contributed by atoms with Crippen LogP contribution in [-0.4, -0.2) is 17.0 Å². The first-order chi connectivity index (χ1) is 6.55. The van der Waals surface area contributed by atoms with Gasteiger partial charge in [0.2, 0.25) is 0 Å². The minimum Gasteiger partial charge on any atom is -0.477 e. The van der Waals surface area contributed by atoms with Crippen LogP contribution in [0, 0.1) is 0 Å². The van der Waals surface area contributed by atoms with Gasteiger partial charge >= 0.3 is 11.9 Å². The average Bonchev–Trinajstić information content (AvgIpc) is 2.42. The van der Waals surface area contributed by atoms with Crippen molar-refractivity contribution in [1.82, 2.24) is 0 Å². The molecular formula is C9H7NO4. The number of ether oxygens (including phenoxy) is 1. The Morgan fingerprint density at radius 3 is 2.71 bits per heavy atom. The summed E-state index contributed by atoms with van der Waals surface area (Å²) in [5.41, 5.74) is 3.83. The molecule has 1 heterocycles. The molecule has 0 spiro atoms. The van der Waals surface area contributed by atoms with Crippen LogP contribution >= 0.6 is 0 Å². The van der Waals surface area contributed by atoms with E-state index in [0.717, 1.165) is 0 Å². The Hall–Kier alpha value is -1.88. The standard InChI is InChI=1S/C9H7NO4/c10-9(8(12)13)6-4-2-1-3-5(6)7(11)14-9/h1-4H,10H2,(H,12,13). The second-order valence-electron chi connectivity index (χ2n) is 2.98. The van der Waals surface area contributed by atoms with Gasteiger partial charge in [0, 0.05) is 5.56 Å². The Kier molecular flexibility index (Phi) is 1.59. The minimum atomic E-state index is -2.03. The van der Waals surface area contributed by atoms with E-state index in [1.807, 2.05) is 0 Å². The molecular weight excluding hydrogens is 186 g/mol. The van der Waals surface area contributed by atoms with Crippen molar-refractivity contribution in [2.24, 2.45) is 5.73 Å². The molecule has 0 amide bonds. The van der Waals surface area contributed by atoms with Crippen LogP contribution in [0.25, 0.3) is 0 Å². The zero-order chi connectivity index (χ0) is 10.3. The van der Waals surface area contributed by atoms with Gasteiger partial charge in [-0.1, -0.05) is 18.2 Å². The third kappa shape index (κ3) is 0.928. The number of benzene rings is 1. The highest BCUT2D eigenvalue weighted by atomic mass is 16.6. The van der Waals surface area contributed by atoms with Gasteiger partial charge in [-0.05, 0) is 6.07 Å². The Morgan fingerprint density at radius 2 is 2.07 bits per heavy atom. The lowest BCUT2D eigenvalue weighted by Crippen LogP contribution is -2.45. The van der Waals surface area contributed by atoms with Crippen LogP contribution in [0.4, 0.5) is 0 Å². The number of aliphatic carboxylic acids is 1. The van der Waals surface area contributed by atoms with Crippen LogP contribution in [0.1, 0.15) is 15.9 Å². The normalized spacial score (nSPS) is 24.2. The third-order valence-corrected chi connectivity index (χ3v) is 2.12. The van der Waals surface area contributed by atoms with Crippen molar-refractivity contribution >= 4 is 11.9 Å². The fourth-order valence-electron chi connectivity index (χ4n) is 1.40. The molecule has 0 radical (unpaired) electrons. The first-order valence-electron chi connectivity index (χ1n) is 3.91. The van der Waals surface area contributed by atoms with Gasteiger partial charge in [-0.3, -0.25) is 5.73 Å². The van der Waals surface area contributed by atoms with Crippen molar-refractivity contribution in [3.63, 3.8) is 0 Å². The number of carboxylic acids is 1. The molecule has 14 heavy (non-hydrogen) atoms. The summed E-state index contributed by atoms with van der Waals surface area (Å²) in [5.74, 6) is -2.08. The number of rotatable bonds is 1. The van der Waals surface area contributed by atoms with Gasteiger partial charge in [0.05, 0.1) is 5.56 Å². The van der Waals surface area contributed by atoms with Crippen LogP contribution in [0.15, 0.2) is 24.3 Å². The number of nitrogens with two attached hydrogens (primary N) is 1. The lowest BCUT2D eigenvalue weighted by atomic mass is 10.0. The smallest absolute Gasteiger partial charge is 0.368 e. The summed E-state index contributed by atoms with van der Waals surface area (Å²) in [5, 5.41) is 8.83. The number of carboxylic acid groups (broad SMARTS) is 1. The Balaban J connectivity index is 2.65. The SMILES string of the molecule is NC1(C(=O)O)OC(=O)c2ccccc21. The molecule has 5 nitrogen and oxygen atoms in total. The second kappa shape index (κ2) is 2.55. The number of carbonyl (C=O) groups is 2. The fourth-order valence-corrected chi connectivity index (χ4v) is 1.40. The van der Waals surface area contributed by atoms with Crippen molar-refractivity contribution in [2.45, 2.75) is 5.72 Å². The Morgan fingerprint density at radius 1 is 1.43 bits per heavy atom. The van der Waals surface area contributed by atoms with Gasteiger partial charge < -0.3 is 9.84 Å². The maximum absolute atomic E-state index is 11.2. The van der Waals surface area contributed by atoms with E-state index in [0.29, 0.717) is 0 Å². The zero-order valence-corrected chi connectivity index (χ0v) is 7.06. The predicted octanol–water partition coefficient (Wildman–Crippen LogP) is 0.0531. The Bertz CT molecular complexity index is 429. The topological polar surface area (TPSA) is 89.6 Å². The van der Waals surface area contributed by atoms with Crippen molar-refractivity contribution in [2.75, 3.05) is 0 Å². The molecule has 2 rings (SSSR count). The zero-order valence-electron chi connectivity index (χ0n) is 7.06. The molecule has 0 saturated carbocycles. The highest BCUT2D eigenvalue weighted by molar-refractivity contribution is 6.00. The average molecular weight is 193 g/mol. The number of cyclic esters (lactones) is 1. The number of carbonyl (C=O) groups excluding carboxylic acids is 1. The van der Waals surface area contributed by atoms with Crippen molar-refractivity contribution in [3.05, 3.63) is 35.4 Å². The summed E-state index contributed by atoms with van der Waals surface area (Å²) < 4.78 is 4.62. The minimum absolute atomic E-state index is 0.192. The van der Waals surface area contributed by atoms with Crippen LogP contribution in [0.5, 0.6) is 0 Å². The molecule has 1 aromatic rings. The third-order valence-electron chi connectivity index (χ3n) is 2.12. The lowest BCUT2D eigenvalue weighted by molar-refractivity contribution is -0.158. The summed E-state index contributed by atoms with van der Waals surface area (Å²) in [7, 11) is 0. The van der Waals surface area contributed by atoms with Crippen LogP contribution in [0.3, 0.4) is 0 Å². The van der Waals surface area contributed by atoms with E-state index < -0.39 is 17.7 Å². The number of hydrogen-bond donors (Lipinski definition) is 2. The predicted molar refractivity (Wildman–Crippen MR) is 45.4 cm³/mol. The van der Waals surface area contributed by atoms with E-state index in [1.54, 1.807) is 12.1 Å². The largest absolute Gasteiger partial charge is 0.477 e. The summed E-state index contributed by atoms with van der Waals surface area (Å²) in [6, 6.07) is 6.17. The van der Waals surface area contributed by atoms with Crippen LogP contribution in [-0.2, 0) is 15.3 Å². The number of esters is 1. The van der Waals surface area contributed by atoms with Gasteiger partial charge in [0.15, 0.2) is 0 Å². The highest BCUT2D eigenvalue weighted by Gasteiger charge is 2.48. The molecule has 0 aromatic heterocycles. The fraction of sp³-hybridized carbons (Fsp3) is 0.111. The molecule has 72 valence electrons. The van der Waals surface area contributed by atoms with E-state index in [4.69, 9.17) is 10.8 Å². The van der Waals surface area contributed by atoms with E-state index in [9.17, 15) is 9.59 Å². The molecule has 1 aromatic carbocycles. The molecule has 1 atom stereocenters. The molecule has 5 heteroatoms. The molecule has 1 unspecified atom stereocenters. The van der Waals surface area contributed by atoms with E-state index in [-0.39, 0.29) is 11.1 Å². The highest BCUT2D eigenvalue weighted by Crippen LogP contribution is 2.32. The van der Waals surface area contributed by atoms with Crippen molar-refractivity contribution < 1.29 is 19.4 Å². The quantitative estimate of drug-likeness (QED) is 0.615. The van der Waals surface area contributed by atoms with Gasteiger partial charge in [-0.15, -0.1) is 0 Å². The summed E-state index contributed by atoms with van der Waals surface area (Å²) in [6.45, 7) is 0. The van der Waals surface area contributed by atoms with Crippen LogP contribution < -0.4 is 5.73 Å². The molecule has 0 aliphatic carbocycles. The van der Waals surface area contributed by atoms with Crippen LogP contribution in [0.2, 0.25) is 0 Å². The molecule has 0 saturated heterocycles. The number of fused-ring (bicyclic) bond motifs is 1. The molecule has 1 aliphatic rings. The maximum Gasteiger partial charge on any atom is 0.368 e. The maximum atomic E-state index is 11.2. The first-order valence-corrected chi connectivity index (χ1v) is 3.91. The van der Waals surface area contributed by atoms with Gasteiger partial charge in [-0.2, -0.15) is 0 Å². The van der Waals surface area contributed by atoms with Crippen molar-refractivity contribution in [3.8, 4) is 0 Å². The van der Waals surface area contributed by atoms with Gasteiger partial charge in [0.25, 0.3) is 5.72 Å². The molecule has 0 bridgehead atoms. The van der Waals surface area contributed by atoms with Crippen molar-refractivity contribution in [1.29, 1.82) is 0 Å². The second-order valence-corrected chi connectivity index (χ2v) is 2.98. The Labute approximate surface area is 79.1 Å². The summed E-state index contributed by atoms with van der Waals surface area (Å²) in [6.07, 6.45) is 0. The van der Waals surface area contributed by atoms with E-state index in [1.165, 1.54) is 12.1 Å².